The Kier molecular flexibility index (Phi) is 4.54. The molecule has 0 saturated carbocycles. The average Bonchev–Trinajstić information content (AvgIpc) is 3.10. The van der Waals surface area contributed by atoms with Crippen LogP contribution in [0, 0.1) is 5.92 Å². The summed E-state index contributed by atoms with van der Waals surface area (Å²) < 4.78 is 26.5. The number of piperidine rings is 1. The van der Waals surface area contributed by atoms with Crippen LogP contribution in [0.15, 0.2) is 23.2 Å². The second kappa shape index (κ2) is 6.45. The van der Waals surface area contributed by atoms with Gasteiger partial charge < -0.3 is 5.73 Å². The van der Waals surface area contributed by atoms with E-state index in [4.69, 9.17) is 5.73 Å². The van der Waals surface area contributed by atoms with Gasteiger partial charge in [-0.15, -0.1) is 0 Å². The lowest BCUT2D eigenvalue weighted by Crippen LogP contribution is -2.43. The molecule has 0 aliphatic carbocycles. The van der Waals surface area contributed by atoms with Gasteiger partial charge in [0, 0.05) is 19.2 Å². The Morgan fingerprint density at radius 2 is 1.91 bits per heavy atom. The van der Waals surface area contributed by atoms with Crippen molar-refractivity contribution < 1.29 is 18.2 Å². The van der Waals surface area contributed by atoms with E-state index in [0.29, 0.717) is 19.6 Å². The molecule has 1 aromatic heterocycles. The highest BCUT2D eigenvalue weighted by Crippen LogP contribution is 2.23. The van der Waals surface area contributed by atoms with Gasteiger partial charge in [0.1, 0.15) is 11.1 Å². The molecule has 3 N–H and O–H groups in total. The summed E-state index contributed by atoms with van der Waals surface area (Å²) in [4.78, 5) is 16.8. The van der Waals surface area contributed by atoms with Crippen molar-refractivity contribution in [3.63, 3.8) is 0 Å². The second-order valence-electron chi connectivity index (χ2n) is 6.21. The molecule has 23 heavy (non-hydrogen) atoms. The van der Waals surface area contributed by atoms with Crippen LogP contribution in [0.3, 0.4) is 0 Å². The monoisotopic (exact) mass is 339 g/mol. The number of rotatable bonds is 4. The predicted molar refractivity (Wildman–Crippen MR) is 85.1 cm³/mol. The number of pyridine rings is 1. The molecule has 0 spiro atoms. The fraction of sp³-hybridized carbons (Fsp3) is 0.600. The number of primary amides is 1. The van der Waals surface area contributed by atoms with Gasteiger partial charge in [0.2, 0.25) is 15.9 Å². The molecule has 1 amide bonds. The summed E-state index contributed by atoms with van der Waals surface area (Å²) in [6.45, 7) is 2.59. The van der Waals surface area contributed by atoms with Crippen LogP contribution >= 0.6 is 0 Å². The molecule has 7 nitrogen and oxygen atoms in total. The number of sulfonamides is 1. The molecule has 3 heterocycles. The fourth-order valence-electron chi connectivity index (χ4n) is 3.27. The molecule has 3 rings (SSSR count). The van der Waals surface area contributed by atoms with E-state index >= 15 is 0 Å². The van der Waals surface area contributed by atoms with E-state index in [1.807, 2.05) is 4.90 Å². The maximum Gasteiger partial charge on any atom is 0.274 e. The number of carbonyl (C=O) groups is 1. The van der Waals surface area contributed by atoms with Crippen LogP contribution in [0.25, 0.3) is 0 Å². The number of anilines is 1. The quantitative estimate of drug-likeness (QED) is 0.834. The Balaban J connectivity index is 1.75. The van der Waals surface area contributed by atoms with Gasteiger partial charge in [0.25, 0.3) is 5.82 Å². The maximum absolute atomic E-state index is 12.5. The Morgan fingerprint density at radius 3 is 2.52 bits per heavy atom. The first-order valence-electron chi connectivity index (χ1n) is 8.04. The molecule has 1 atom stereocenters. The minimum absolute atomic E-state index is 0.148. The van der Waals surface area contributed by atoms with Crippen molar-refractivity contribution in [2.24, 2.45) is 11.7 Å². The second-order valence-corrected chi connectivity index (χ2v) is 8.15. The molecular formula is C15H23N4O3S+. The van der Waals surface area contributed by atoms with E-state index in [-0.39, 0.29) is 16.7 Å². The van der Waals surface area contributed by atoms with Crippen molar-refractivity contribution in [3.05, 3.63) is 18.3 Å². The third-order valence-electron chi connectivity index (χ3n) is 4.64. The first-order chi connectivity index (χ1) is 11.0. The summed E-state index contributed by atoms with van der Waals surface area (Å²) >= 11 is 0. The number of nitrogens with one attached hydrogen (secondary N) is 1. The lowest BCUT2D eigenvalue weighted by molar-refractivity contribution is -0.367. The van der Waals surface area contributed by atoms with Crippen molar-refractivity contribution in [1.29, 1.82) is 0 Å². The standard InChI is InChI=1S/C15H22N4O3S/c16-15(20)12-4-3-7-18(11-12)14-6-5-13(10-17-14)23(21,22)19-8-1-2-9-19/h5-6,10,12H,1-4,7-9,11H2,(H2,16,20)/p+1/t12-/m0/s1. The van der Waals surface area contributed by atoms with Crippen LogP contribution in [-0.4, -0.2) is 44.8 Å². The van der Waals surface area contributed by atoms with E-state index in [0.717, 1.165) is 38.0 Å². The molecule has 1 aromatic rings. The van der Waals surface area contributed by atoms with E-state index in [2.05, 4.69) is 4.98 Å². The summed E-state index contributed by atoms with van der Waals surface area (Å²) in [6.07, 6.45) is 5.09. The van der Waals surface area contributed by atoms with Crippen molar-refractivity contribution in [1.82, 2.24) is 4.31 Å². The SMILES string of the molecule is NC(=O)[C@H]1CCCN(c2ccc(S(=O)(=O)N3CCCC3)c[nH+]2)C1. The molecular weight excluding hydrogens is 316 g/mol. The van der Waals surface area contributed by atoms with Gasteiger partial charge in [0.15, 0.2) is 0 Å². The number of H-pyrrole nitrogens is 1. The normalized spacial score (nSPS) is 23.1. The van der Waals surface area contributed by atoms with Crippen LogP contribution in [0.4, 0.5) is 5.82 Å². The van der Waals surface area contributed by atoms with E-state index in [1.54, 1.807) is 12.1 Å². The zero-order chi connectivity index (χ0) is 16.4. The molecule has 0 radical (unpaired) electrons. The minimum atomic E-state index is -3.40. The number of aromatic nitrogens is 1. The Bertz CT molecular complexity index is 668. The molecule has 2 aliphatic heterocycles. The summed E-state index contributed by atoms with van der Waals surface area (Å²) in [5.74, 6) is 0.393. The van der Waals surface area contributed by atoms with Gasteiger partial charge in [-0.05, 0) is 31.7 Å². The summed E-state index contributed by atoms with van der Waals surface area (Å²) in [7, 11) is -3.40. The van der Waals surface area contributed by atoms with Crippen molar-refractivity contribution in [2.75, 3.05) is 31.1 Å². The lowest BCUT2D eigenvalue weighted by Gasteiger charge is -2.26. The maximum atomic E-state index is 12.5. The third-order valence-corrected chi connectivity index (χ3v) is 6.53. The molecule has 126 valence electrons. The van der Waals surface area contributed by atoms with E-state index in [1.165, 1.54) is 10.5 Å². The van der Waals surface area contributed by atoms with Crippen LogP contribution in [0.1, 0.15) is 25.7 Å². The zero-order valence-corrected chi connectivity index (χ0v) is 13.9. The van der Waals surface area contributed by atoms with E-state index in [9.17, 15) is 13.2 Å². The molecule has 2 fully saturated rings. The lowest BCUT2D eigenvalue weighted by atomic mass is 9.97. The highest BCUT2D eigenvalue weighted by Gasteiger charge is 2.31. The van der Waals surface area contributed by atoms with Gasteiger partial charge in [-0.3, -0.25) is 9.69 Å². The summed E-state index contributed by atoms with van der Waals surface area (Å²) in [5.41, 5.74) is 5.40. The highest BCUT2D eigenvalue weighted by atomic mass is 32.2. The van der Waals surface area contributed by atoms with Crippen molar-refractivity contribution in [3.8, 4) is 0 Å². The predicted octanol–water partition coefficient (Wildman–Crippen LogP) is -0.0131. The number of hydrogen-bond donors (Lipinski definition) is 1. The molecule has 0 bridgehead atoms. The molecule has 0 unspecified atom stereocenters. The zero-order valence-electron chi connectivity index (χ0n) is 13.1. The third kappa shape index (κ3) is 3.32. The largest absolute Gasteiger partial charge is 0.369 e. The topological polar surface area (TPSA) is 97.8 Å². The smallest absolute Gasteiger partial charge is 0.274 e. The van der Waals surface area contributed by atoms with Crippen LogP contribution in [-0.2, 0) is 14.8 Å². The van der Waals surface area contributed by atoms with Gasteiger partial charge in [-0.25, -0.2) is 13.4 Å². The average molecular weight is 339 g/mol. The molecule has 2 aliphatic rings. The van der Waals surface area contributed by atoms with Crippen LogP contribution in [0.5, 0.6) is 0 Å². The number of nitrogens with zero attached hydrogens (tertiary/aromatic N) is 2. The molecule has 8 heteroatoms. The Morgan fingerprint density at radius 1 is 1.17 bits per heavy atom. The summed E-state index contributed by atoms with van der Waals surface area (Å²) in [6, 6.07) is 3.40. The summed E-state index contributed by atoms with van der Waals surface area (Å²) in [5, 5.41) is 0. The number of carbonyl (C=O) groups excluding carboxylic acids is 1. The molecule has 0 aromatic carbocycles. The van der Waals surface area contributed by atoms with Gasteiger partial charge >= 0.3 is 0 Å². The van der Waals surface area contributed by atoms with Gasteiger partial charge in [-0.2, -0.15) is 4.31 Å². The number of hydrogen-bond acceptors (Lipinski definition) is 4. The van der Waals surface area contributed by atoms with Crippen molar-refractivity contribution >= 4 is 21.7 Å². The first kappa shape index (κ1) is 16.2. The van der Waals surface area contributed by atoms with Gasteiger partial charge in [-0.1, -0.05) is 0 Å². The van der Waals surface area contributed by atoms with Crippen molar-refractivity contribution in [2.45, 2.75) is 30.6 Å². The number of aromatic amines is 1. The first-order valence-corrected chi connectivity index (χ1v) is 9.48. The fourth-order valence-corrected chi connectivity index (χ4v) is 4.75. The van der Waals surface area contributed by atoms with Crippen LogP contribution < -0.4 is 15.6 Å². The Hall–Kier alpha value is -1.67. The van der Waals surface area contributed by atoms with Gasteiger partial charge in [0.05, 0.1) is 19.0 Å². The highest BCUT2D eigenvalue weighted by molar-refractivity contribution is 7.89. The Labute approximate surface area is 136 Å². The van der Waals surface area contributed by atoms with E-state index < -0.39 is 10.0 Å². The number of amides is 1. The molecule has 2 saturated heterocycles. The van der Waals surface area contributed by atoms with Crippen LogP contribution in [0.2, 0.25) is 0 Å². The minimum Gasteiger partial charge on any atom is -0.369 e. The number of nitrogens with two attached hydrogens (primary N) is 1.